The number of likely N-dealkylation sites (tertiary alicyclic amines) is 1. The number of ether oxygens (including phenoxy) is 1. The lowest BCUT2D eigenvalue weighted by molar-refractivity contribution is -0.150. The van der Waals surface area contributed by atoms with Gasteiger partial charge in [-0.3, -0.25) is 9.69 Å². The lowest BCUT2D eigenvalue weighted by Gasteiger charge is -2.34. The number of nitrogens with zero attached hydrogens (tertiary/aromatic N) is 1. The first kappa shape index (κ1) is 23.4. The molecule has 0 amide bonds. The Morgan fingerprint density at radius 1 is 0.923 bits per heavy atom. The molecule has 0 saturated carbocycles. The molecule has 0 aromatic carbocycles. The Hall–Kier alpha value is -0.610. The average Bonchev–Trinajstić information content (AvgIpc) is 2.66. The summed E-state index contributed by atoms with van der Waals surface area (Å²) < 4.78 is 5.10. The zero-order chi connectivity index (χ0) is 19.0. The summed E-state index contributed by atoms with van der Waals surface area (Å²) in [4.78, 5) is 13.9. The number of rotatable bonds is 15. The highest BCUT2D eigenvalue weighted by molar-refractivity contribution is 5.72. The highest BCUT2D eigenvalue weighted by Crippen LogP contribution is 2.21. The zero-order valence-electron chi connectivity index (χ0n) is 17.4. The molecule has 154 valence electrons. The van der Waals surface area contributed by atoms with Gasteiger partial charge in [-0.25, -0.2) is 0 Å². The summed E-state index contributed by atoms with van der Waals surface area (Å²) in [6, 6.07) is 0. The van der Waals surface area contributed by atoms with E-state index in [9.17, 15) is 9.90 Å². The van der Waals surface area contributed by atoms with Gasteiger partial charge in [0.1, 0.15) is 6.23 Å². The number of unbranched alkanes of at least 4 members (excludes halogenated alkanes) is 10. The Labute approximate surface area is 161 Å². The summed E-state index contributed by atoms with van der Waals surface area (Å²) in [6.45, 7) is 6.19. The number of esters is 1. The largest absolute Gasteiger partial charge is 0.466 e. The Morgan fingerprint density at radius 2 is 1.42 bits per heavy atom. The van der Waals surface area contributed by atoms with E-state index in [1.54, 1.807) is 0 Å². The van der Waals surface area contributed by atoms with Gasteiger partial charge in [-0.2, -0.15) is 0 Å². The maximum absolute atomic E-state index is 11.8. The first-order valence-electron chi connectivity index (χ1n) is 11.3. The molecule has 4 nitrogen and oxygen atoms in total. The van der Waals surface area contributed by atoms with Gasteiger partial charge in [0.2, 0.25) is 0 Å². The van der Waals surface area contributed by atoms with Crippen molar-refractivity contribution in [2.45, 2.75) is 110 Å². The van der Waals surface area contributed by atoms with Gasteiger partial charge in [-0.05, 0) is 32.6 Å². The van der Waals surface area contributed by atoms with Crippen molar-refractivity contribution in [3.63, 3.8) is 0 Å². The number of hydrogen-bond donors (Lipinski definition) is 1. The maximum atomic E-state index is 11.8. The van der Waals surface area contributed by atoms with Crippen molar-refractivity contribution in [2.24, 2.45) is 5.92 Å². The lowest BCUT2D eigenvalue weighted by atomic mass is 9.96. The van der Waals surface area contributed by atoms with Gasteiger partial charge in [0.05, 0.1) is 12.5 Å². The molecule has 1 fully saturated rings. The molecule has 0 radical (unpaired) electrons. The van der Waals surface area contributed by atoms with Crippen molar-refractivity contribution in [2.75, 3.05) is 19.7 Å². The van der Waals surface area contributed by atoms with E-state index in [1.807, 2.05) is 6.92 Å². The molecule has 1 heterocycles. The molecule has 0 aromatic heterocycles. The van der Waals surface area contributed by atoms with Gasteiger partial charge in [-0.15, -0.1) is 0 Å². The third-order valence-electron chi connectivity index (χ3n) is 5.64. The second-order valence-corrected chi connectivity index (χ2v) is 7.87. The zero-order valence-corrected chi connectivity index (χ0v) is 17.4. The first-order chi connectivity index (χ1) is 12.7. The van der Waals surface area contributed by atoms with Crippen molar-refractivity contribution in [1.82, 2.24) is 4.90 Å². The number of carbonyl (C=O) groups is 1. The topological polar surface area (TPSA) is 49.8 Å². The molecule has 1 atom stereocenters. The molecule has 26 heavy (non-hydrogen) atoms. The van der Waals surface area contributed by atoms with Gasteiger partial charge < -0.3 is 9.84 Å². The van der Waals surface area contributed by atoms with Crippen molar-refractivity contribution >= 4 is 5.97 Å². The van der Waals surface area contributed by atoms with E-state index in [4.69, 9.17) is 4.74 Å². The molecule has 1 N–H and O–H groups in total. The Balaban J connectivity index is 1.94. The molecule has 0 aliphatic carbocycles. The fourth-order valence-electron chi connectivity index (χ4n) is 3.87. The number of aliphatic hydroxyl groups is 1. The molecule has 0 spiro atoms. The van der Waals surface area contributed by atoms with Crippen LogP contribution in [0.4, 0.5) is 0 Å². The first-order valence-corrected chi connectivity index (χ1v) is 11.3. The second-order valence-electron chi connectivity index (χ2n) is 7.87. The summed E-state index contributed by atoms with van der Waals surface area (Å²) in [5.41, 5.74) is 0. The number of piperidine rings is 1. The predicted octanol–water partition coefficient (Wildman–Crippen LogP) is 5.28. The number of carbonyl (C=O) groups excluding carboxylic acids is 1. The van der Waals surface area contributed by atoms with Crippen LogP contribution >= 0.6 is 0 Å². The molecular formula is C22H43NO3. The van der Waals surface area contributed by atoms with Gasteiger partial charge in [0, 0.05) is 13.1 Å². The fourth-order valence-corrected chi connectivity index (χ4v) is 3.87. The molecule has 0 aromatic rings. The fraction of sp³-hybridized carbons (Fsp3) is 0.955. The van der Waals surface area contributed by atoms with Crippen LogP contribution in [-0.2, 0) is 9.53 Å². The van der Waals surface area contributed by atoms with Gasteiger partial charge in [0.25, 0.3) is 0 Å². The van der Waals surface area contributed by atoms with Crippen molar-refractivity contribution < 1.29 is 14.6 Å². The maximum Gasteiger partial charge on any atom is 0.309 e. The van der Waals surface area contributed by atoms with Crippen LogP contribution < -0.4 is 0 Å². The van der Waals surface area contributed by atoms with Crippen molar-refractivity contribution in [1.29, 1.82) is 0 Å². The van der Waals surface area contributed by atoms with Crippen LogP contribution in [0.5, 0.6) is 0 Å². The van der Waals surface area contributed by atoms with E-state index in [0.717, 1.165) is 38.8 Å². The van der Waals surface area contributed by atoms with E-state index in [2.05, 4.69) is 11.8 Å². The molecule has 1 saturated heterocycles. The van der Waals surface area contributed by atoms with Crippen LogP contribution in [0.25, 0.3) is 0 Å². The number of aliphatic hydroxyl groups excluding tert-OH is 1. The standard InChI is InChI=1S/C22H43NO3/c1-3-5-6-7-8-9-10-11-12-13-14-15-21(24)23-18-16-20(17-19-23)22(25)26-4-2/h20-21,24H,3-19H2,1-2H3. The van der Waals surface area contributed by atoms with Crippen molar-refractivity contribution in [3.8, 4) is 0 Å². The molecule has 1 aliphatic rings. The van der Waals surface area contributed by atoms with Crippen LogP contribution in [0.2, 0.25) is 0 Å². The number of hydrogen-bond acceptors (Lipinski definition) is 4. The average molecular weight is 370 g/mol. The lowest BCUT2D eigenvalue weighted by Crippen LogP contribution is -2.43. The molecule has 1 unspecified atom stereocenters. The van der Waals surface area contributed by atoms with E-state index < -0.39 is 0 Å². The van der Waals surface area contributed by atoms with Gasteiger partial charge in [0.15, 0.2) is 0 Å². The second kappa shape index (κ2) is 15.4. The smallest absolute Gasteiger partial charge is 0.309 e. The van der Waals surface area contributed by atoms with Gasteiger partial charge in [-0.1, -0.05) is 71.1 Å². The van der Waals surface area contributed by atoms with Crippen LogP contribution in [0.15, 0.2) is 0 Å². The molecule has 0 bridgehead atoms. The third kappa shape index (κ3) is 10.5. The summed E-state index contributed by atoms with van der Waals surface area (Å²) in [6.07, 6.45) is 16.8. The highest BCUT2D eigenvalue weighted by Gasteiger charge is 2.28. The quantitative estimate of drug-likeness (QED) is 0.315. The van der Waals surface area contributed by atoms with Crippen LogP contribution in [0, 0.1) is 5.92 Å². The van der Waals surface area contributed by atoms with Crippen LogP contribution in [-0.4, -0.2) is 41.9 Å². The Bertz CT molecular complexity index is 340. The van der Waals surface area contributed by atoms with E-state index >= 15 is 0 Å². The third-order valence-corrected chi connectivity index (χ3v) is 5.64. The van der Waals surface area contributed by atoms with Crippen LogP contribution in [0.1, 0.15) is 104 Å². The summed E-state index contributed by atoms with van der Waals surface area (Å²) in [7, 11) is 0. The summed E-state index contributed by atoms with van der Waals surface area (Å²) >= 11 is 0. The molecular weight excluding hydrogens is 326 g/mol. The Morgan fingerprint density at radius 3 is 1.92 bits per heavy atom. The van der Waals surface area contributed by atoms with Crippen LogP contribution in [0.3, 0.4) is 0 Å². The van der Waals surface area contributed by atoms with E-state index in [-0.39, 0.29) is 18.1 Å². The summed E-state index contributed by atoms with van der Waals surface area (Å²) in [5, 5.41) is 10.4. The normalized spacial score (nSPS) is 17.3. The summed E-state index contributed by atoms with van der Waals surface area (Å²) in [5.74, 6) is -0.0348. The van der Waals surface area contributed by atoms with Gasteiger partial charge >= 0.3 is 5.97 Å². The molecule has 4 heteroatoms. The predicted molar refractivity (Wildman–Crippen MR) is 108 cm³/mol. The molecule has 1 aliphatic heterocycles. The van der Waals surface area contributed by atoms with E-state index in [1.165, 1.54) is 64.2 Å². The SMILES string of the molecule is CCCCCCCCCCCCCC(O)N1CCC(C(=O)OCC)CC1. The van der Waals surface area contributed by atoms with Crippen molar-refractivity contribution in [3.05, 3.63) is 0 Å². The minimum Gasteiger partial charge on any atom is -0.466 e. The Kier molecular flexibility index (Phi) is 13.9. The monoisotopic (exact) mass is 369 g/mol. The minimum atomic E-state index is -0.336. The minimum absolute atomic E-state index is 0.0281. The molecule has 1 rings (SSSR count). The highest BCUT2D eigenvalue weighted by atomic mass is 16.5. The van der Waals surface area contributed by atoms with E-state index in [0.29, 0.717) is 6.61 Å².